The second kappa shape index (κ2) is 25.3. The van der Waals surface area contributed by atoms with Gasteiger partial charge >= 0.3 is 0 Å². The van der Waals surface area contributed by atoms with Gasteiger partial charge in [-0.05, 0) is 101 Å². The van der Waals surface area contributed by atoms with E-state index in [4.69, 9.17) is 16.3 Å². The Kier molecular flexibility index (Phi) is 20.4. The zero-order valence-corrected chi connectivity index (χ0v) is 32.4. The van der Waals surface area contributed by atoms with Crippen LogP contribution in [-0.4, -0.2) is 48.6 Å². The van der Waals surface area contributed by atoms with E-state index in [1.54, 1.807) is 28.8 Å². The number of allylic oxidation sites excluding steroid dienone is 12. The summed E-state index contributed by atoms with van der Waals surface area (Å²) < 4.78 is 7.28. The molecule has 2 aromatic carbocycles. The van der Waals surface area contributed by atoms with Crippen LogP contribution in [0.15, 0.2) is 115 Å². The number of hydrogen-bond acceptors (Lipinski definition) is 4. The standard InChI is InChI=1S/C45H56ClN3O4/c1-4-5-6-7-8-9-10-11-12-13-14-15-16-17-18-19-20-21-22-23-43(50)47-30-32-53-33-31-48-44(51)35-40-37(3)49(42-29-24-36(2)34-41(40)42)45(52)38-25-27-39(46)28-26-38/h5-6,8-9,11-12,14-15,17-18,20-21,24-29,34H,4,7,10,13,16,19,22-23,30-33,35H2,1-3H3,(H,47,50)(H,48,51)/b6-5-,9-8-,12-11-,15-14-,18-17-,21-20-. The van der Waals surface area contributed by atoms with Gasteiger partial charge in [0.1, 0.15) is 0 Å². The molecule has 0 atom stereocenters. The number of carbonyl (C=O) groups is 3. The van der Waals surface area contributed by atoms with Gasteiger partial charge in [0.2, 0.25) is 11.8 Å². The van der Waals surface area contributed by atoms with E-state index in [9.17, 15) is 14.4 Å². The molecule has 0 radical (unpaired) electrons. The Morgan fingerprint density at radius 3 is 1.79 bits per heavy atom. The van der Waals surface area contributed by atoms with E-state index in [1.165, 1.54) is 0 Å². The summed E-state index contributed by atoms with van der Waals surface area (Å²) in [6.45, 7) is 7.45. The number of hydrogen-bond donors (Lipinski definition) is 2. The van der Waals surface area contributed by atoms with Crippen LogP contribution in [0.25, 0.3) is 10.9 Å². The van der Waals surface area contributed by atoms with Gasteiger partial charge in [-0.25, -0.2) is 0 Å². The molecule has 53 heavy (non-hydrogen) atoms. The number of fused-ring (bicyclic) bond motifs is 1. The van der Waals surface area contributed by atoms with Crippen molar-refractivity contribution < 1.29 is 19.1 Å². The van der Waals surface area contributed by atoms with Crippen molar-refractivity contribution >= 4 is 40.2 Å². The van der Waals surface area contributed by atoms with Crippen LogP contribution in [0, 0.1) is 13.8 Å². The van der Waals surface area contributed by atoms with Crippen LogP contribution in [-0.2, 0) is 20.7 Å². The van der Waals surface area contributed by atoms with E-state index < -0.39 is 0 Å². The third-order valence-electron chi connectivity index (χ3n) is 8.39. The molecule has 3 rings (SSSR count). The zero-order chi connectivity index (χ0) is 38.1. The van der Waals surface area contributed by atoms with Crippen LogP contribution in [0.4, 0.5) is 0 Å². The van der Waals surface area contributed by atoms with Crippen LogP contribution < -0.4 is 10.6 Å². The van der Waals surface area contributed by atoms with Gasteiger partial charge in [-0.2, -0.15) is 0 Å². The lowest BCUT2D eigenvalue weighted by molar-refractivity contribution is -0.121. The van der Waals surface area contributed by atoms with Gasteiger partial charge in [-0.3, -0.25) is 19.0 Å². The molecule has 282 valence electrons. The minimum atomic E-state index is -0.172. The van der Waals surface area contributed by atoms with E-state index >= 15 is 0 Å². The average molecular weight is 738 g/mol. The number of benzene rings is 2. The Morgan fingerprint density at radius 2 is 1.23 bits per heavy atom. The molecule has 1 heterocycles. The fourth-order valence-electron chi connectivity index (χ4n) is 5.60. The first-order chi connectivity index (χ1) is 25.8. The van der Waals surface area contributed by atoms with Gasteiger partial charge in [-0.15, -0.1) is 0 Å². The lowest BCUT2D eigenvalue weighted by Gasteiger charge is -2.09. The molecule has 0 fully saturated rings. The lowest BCUT2D eigenvalue weighted by Crippen LogP contribution is -2.31. The number of nitrogens with one attached hydrogen (secondary N) is 2. The second-order valence-corrected chi connectivity index (χ2v) is 13.1. The van der Waals surface area contributed by atoms with Gasteiger partial charge in [-0.1, -0.05) is 103 Å². The molecule has 0 bridgehead atoms. The third-order valence-corrected chi connectivity index (χ3v) is 8.65. The summed E-state index contributed by atoms with van der Waals surface area (Å²) in [5.74, 6) is -0.339. The van der Waals surface area contributed by atoms with Gasteiger partial charge in [0.15, 0.2) is 0 Å². The summed E-state index contributed by atoms with van der Waals surface area (Å²) in [5, 5.41) is 7.23. The van der Waals surface area contributed by atoms with E-state index in [1.807, 2.05) is 38.1 Å². The molecule has 0 spiro atoms. The average Bonchev–Trinajstić information content (AvgIpc) is 3.41. The maximum Gasteiger partial charge on any atom is 0.262 e. The molecule has 0 unspecified atom stereocenters. The highest BCUT2D eigenvalue weighted by Crippen LogP contribution is 2.28. The van der Waals surface area contributed by atoms with Crippen molar-refractivity contribution in [1.29, 1.82) is 0 Å². The Hall–Kier alpha value is -4.72. The number of aryl methyl sites for hydroxylation is 1. The molecule has 0 aliphatic heterocycles. The summed E-state index contributed by atoms with van der Waals surface area (Å²) in [6, 6.07) is 12.7. The predicted molar refractivity (Wildman–Crippen MR) is 221 cm³/mol. The van der Waals surface area contributed by atoms with Crippen molar-refractivity contribution in [2.75, 3.05) is 26.3 Å². The number of halogens is 1. The van der Waals surface area contributed by atoms with Gasteiger partial charge < -0.3 is 15.4 Å². The van der Waals surface area contributed by atoms with Crippen LogP contribution in [0.2, 0.25) is 5.02 Å². The maximum absolute atomic E-state index is 13.5. The smallest absolute Gasteiger partial charge is 0.262 e. The molecular formula is C45H56ClN3O4. The molecule has 1 aromatic heterocycles. The van der Waals surface area contributed by atoms with Crippen LogP contribution >= 0.6 is 11.6 Å². The Bertz CT molecular complexity index is 1780. The molecule has 0 aliphatic rings. The van der Waals surface area contributed by atoms with E-state index in [0.29, 0.717) is 49.7 Å². The van der Waals surface area contributed by atoms with Crippen molar-refractivity contribution in [3.8, 4) is 0 Å². The molecule has 3 aromatic rings. The van der Waals surface area contributed by atoms with Crippen molar-refractivity contribution in [3.05, 3.63) is 143 Å². The molecule has 0 aliphatic carbocycles. The highest BCUT2D eigenvalue weighted by Gasteiger charge is 2.21. The largest absolute Gasteiger partial charge is 0.378 e. The highest BCUT2D eigenvalue weighted by atomic mass is 35.5. The van der Waals surface area contributed by atoms with E-state index in [-0.39, 0.29) is 24.1 Å². The third kappa shape index (κ3) is 16.2. The summed E-state index contributed by atoms with van der Waals surface area (Å²) in [4.78, 5) is 38.5. The first kappa shape index (κ1) is 42.7. The normalized spacial score (nSPS) is 12.2. The number of nitrogens with zero attached hydrogens (tertiary/aromatic N) is 1. The summed E-state index contributed by atoms with van der Waals surface area (Å²) in [6.07, 6.45) is 33.1. The minimum absolute atomic E-state index is 0.0132. The number of carbonyl (C=O) groups excluding carboxylic acids is 3. The quantitative estimate of drug-likeness (QED) is 0.0749. The highest BCUT2D eigenvalue weighted by molar-refractivity contribution is 6.30. The molecule has 2 N–H and O–H groups in total. The maximum atomic E-state index is 13.5. The molecule has 7 nitrogen and oxygen atoms in total. The number of rotatable bonds is 23. The molecule has 2 amide bonds. The van der Waals surface area contributed by atoms with Crippen molar-refractivity contribution in [3.63, 3.8) is 0 Å². The molecule has 0 saturated carbocycles. The van der Waals surface area contributed by atoms with Gasteiger partial charge in [0.05, 0.1) is 25.2 Å². The summed E-state index contributed by atoms with van der Waals surface area (Å²) >= 11 is 6.03. The van der Waals surface area contributed by atoms with E-state index in [2.05, 4.69) is 84.4 Å². The number of aromatic nitrogens is 1. The zero-order valence-electron chi connectivity index (χ0n) is 31.6. The number of amides is 2. The summed E-state index contributed by atoms with van der Waals surface area (Å²) in [7, 11) is 0. The predicted octanol–water partition coefficient (Wildman–Crippen LogP) is 9.87. The Balaban J connectivity index is 1.24. The van der Waals surface area contributed by atoms with Gasteiger partial charge in [0, 0.05) is 41.2 Å². The molecule has 8 heteroatoms. The Labute approximate surface area is 321 Å². The van der Waals surface area contributed by atoms with Crippen LogP contribution in [0.1, 0.15) is 85.5 Å². The van der Waals surface area contributed by atoms with Crippen molar-refractivity contribution in [1.82, 2.24) is 15.2 Å². The lowest BCUT2D eigenvalue weighted by atomic mass is 10.1. The SMILES string of the molecule is CC/C=C\C/C=C\C/C=C\C/C=C\C/C=C\C/C=C\CCC(=O)NCCOCCNC(=O)Cc1c(C)n(C(=O)c2ccc(Cl)cc2)c2ccc(C)cc12. The van der Waals surface area contributed by atoms with Crippen molar-refractivity contribution in [2.45, 2.75) is 78.6 Å². The van der Waals surface area contributed by atoms with E-state index in [0.717, 1.165) is 66.2 Å². The Morgan fingerprint density at radius 1 is 0.698 bits per heavy atom. The second-order valence-electron chi connectivity index (χ2n) is 12.7. The van der Waals surface area contributed by atoms with Crippen molar-refractivity contribution in [2.24, 2.45) is 0 Å². The van der Waals surface area contributed by atoms with Crippen LogP contribution in [0.5, 0.6) is 0 Å². The minimum Gasteiger partial charge on any atom is -0.378 e. The van der Waals surface area contributed by atoms with Gasteiger partial charge in [0.25, 0.3) is 5.91 Å². The topological polar surface area (TPSA) is 89.4 Å². The molecule has 0 saturated heterocycles. The monoisotopic (exact) mass is 737 g/mol. The van der Waals surface area contributed by atoms with Crippen LogP contribution in [0.3, 0.4) is 0 Å². The fraction of sp³-hybridized carbons (Fsp3) is 0.356. The fourth-order valence-corrected chi connectivity index (χ4v) is 5.72. The first-order valence-corrected chi connectivity index (χ1v) is 19.1. The number of ether oxygens (including phenoxy) is 1. The summed E-state index contributed by atoms with van der Waals surface area (Å²) in [5.41, 5.74) is 3.87. The molecular weight excluding hydrogens is 682 g/mol. The first-order valence-electron chi connectivity index (χ1n) is 18.7.